The summed E-state index contributed by atoms with van der Waals surface area (Å²) in [6.45, 7) is 1.78. The van der Waals surface area contributed by atoms with Crippen LogP contribution in [0.3, 0.4) is 0 Å². The smallest absolute Gasteiger partial charge is 0.497 e. The zero-order chi connectivity index (χ0) is 19.2. The van der Waals surface area contributed by atoms with Gasteiger partial charge in [-0.15, -0.1) is 13.2 Å². The van der Waals surface area contributed by atoms with Gasteiger partial charge in [0.05, 0.1) is 7.11 Å². The molecule has 2 rings (SSSR count). The van der Waals surface area contributed by atoms with Crippen molar-refractivity contribution in [3.63, 3.8) is 0 Å². The van der Waals surface area contributed by atoms with Gasteiger partial charge in [0, 0.05) is 11.8 Å². The first-order valence-corrected chi connectivity index (χ1v) is 7.78. The Morgan fingerprint density at radius 1 is 1.08 bits per heavy atom. The minimum absolute atomic E-state index is 0.331. The summed E-state index contributed by atoms with van der Waals surface area (Å²) in [6, 6.07) is 11.7. The number of carbonyl (C=O) groups is 1. The number of carbonyl (C=O) groups excluding carboxylic acids is 1. The second-order valence-electron chi connectivity index (χ2n) is 5.26. The van der Waals surface area contributed by atoms with E-state index in [1.807, 2.05) is 0 Å². The molecular weight excluding hydrogens is 351 g/mol. The maximum Gasteiger partial charge on any atom is 0.573 e. The van der Waals surface area contributed by atoms with Gasteiger partial charge in [0.25, 0.3) is 5.91 Å². The van der Waals surface area contributed by atoms with Crippen LogP contribution in [0.4, 0.5) is 18.9 Å². The minimum Gasteiger partial charge on any atom is -0.497 e. The molecule has 2 aromatic rings. The third-order valence-electron chi connectivity index (χ3n) is 3.34. The molecule has 0 spiro atoms. The molecule has 0 saturated heterocycles. The van der Waals surface area contributed by atoms with Crippen LogP contribution in [0.1, 0.15) is 13.3 Å². The SMILES string of the molecule is CC[C@H](Oc1cccc(OC)c1)C(=O)Nc1ccc(OC(F)(F)F)cc1. The Hall–Kier alpha value is -2.90. The Labute approximate surface area is 148 Å². The maximum atomic E-state index is 12.3. The predicted molar refractivity (Wildman–Crippen MR) is 89.5 cm³/mol. The van der Waals surface area contributed by atoms with Crippen LogP contribution in [0.25, 0.3) is 0 Å². The van der Waals surface area contributed by atoms with Crippen LogP contribution in [0.15, 0.2) is 48.5 Å². The molecule has 0 radical (unpaired) electrons. The molecule has 0 saturated carbocycles. The van der Waals surface area contributed by atoms with Gasteiger partial charge in [-0.05, 0) is 42.8 Å². The number of benzene rings is 2. The number of halogens is 3. The van der Waals surface area contributed by atoms with Crippen molar-refractivity contribution in [2.24, 2.45) is 0 Å². The van der Waals surface area contributed by atoms with Gasteiger partial charge in [-0.3, -0.25) is 4.79 Å². The summed E-state index contributed by atoms with van der Waals surface area (Å²) in [5.74, 6) is 0.285. The fourth-order valence-electron chi connectivity index (χ4n) is 2.12. The number of ether oxygens (including phenoxy) is 3. The van der Waals surface area contributed by atoms with Gasteiger partial charge in [-0.2, -0.15) is 0 Å². The largest absolute Gasteiger partial charge is 0.573 e. The van der Waals surface area contributed by atoms with E-state index in [9.17, 15) is 18.0 Å². The average Bonchev–Trinajstić information content (AvgIpc) is 2.60. The summed E-state index contributed by atoms with van der Waals surface area (Å²) < 4.78 is 51.0. The lowest BCUT2D eigenvalue weighted by atomic mass is 10.2. The third-order valence-corrected chi connectivity index (χ3v) is 3.34. The van der Waals surface area contributed by atoms with Crippen LogP contribution >= 0.6 is 0 Å². The number of rotatable bonds is 7. The molecule has 0 aliphatic rings. The number of amides is 1. The van der Waals surface area contributed by atoms with Crippen molar-refractivity contribution in [2.75, 3.05) is 12.4 Å². The highest BCUT2D eigenvalue weighted by Gasteiger charge is 2.31. The molecule has 0 unspecified atom stereocenters. The number of nitrogens with one attached hydrogen (secondary N) is 1. The highest BCUT2D eigenvalue weighted by Crippen LogP contribution is 2.24. The quantitative estimate of drug-likeness (QED) is 0.786. The summed E-state index contributed by atoms with van der Waals surface area (Å²) in [7, 11) is 1.52. The summed E-state index contributed by atoms with van der Waals surface area (Å²) in [6.07, 6.45) is -5.13. The molecule has 140 valence electrons. The molecule has 1 N–H and O–H groups in total. The molecule has 0 aliphatic carbocycles. The van der Waals surface area contributed by atoms with Gasteiger partial charge in [-0.1, -0.05) is 13.0 Å². The van der Waals surface area contributed by atoms with E-state index < -0.39 is 18.4 Å². The lowest BCUT2D eigenvalue weighted by Gasteiger charge is -2.18. The number of anilines is 1. The summed E-state index contributed by atoms with van der Waals surface area (Å²) >= 11 is 0. The normalized spacial score (nSPS) is 12.2. The third kappa shape index (κ3) is 5.87. The summed E-state index contributed by atoms with van der Waals surface area (Å²) in [5.41, 5.74) is 0.331. The van der Waals surface area contributed by atoms with Crippen LogP contribution in [0, 0.1) is 0 Å². The van der Waals surface area contributed by atoms with E-state index in [0.29, 0.717) is 23.6 Å². The second-order valence-corrected chi connectivity index (χ2v) is 5.26. The topological polar surface area (TPSA) is 56.8 Å². The molecular formula is C18H18F3NO4. The van der Waals surface area contributed by atoms with Gasteiger partial charge in [0.15, 0.2) is 6.10 Å². The van der Waals surface area contributed by atoms with E-state index in [-0.39, 0.29) is 5.75 Å². The van der Waals surface area contributed by atoms with Gasteiger partial charge in [0.2, 0.25) is 0 Å². The lowest BCUT2D eigenvalue weighted by Crippen LogP contribution is -2.32. The fraction of sp³-hybridized carbons (Fsp3) is 0.278. The van der Waals surface area contributed by atoms with E-state index >= 15 is 0 Å². The van der Waals surface area contributed by atoms with Crippen LogP contribution in [0.5, 0.6) is 17.2 Å². The van der Waals surface area contributed by atoms with Gasteiger partial charge >= 0.3 is 6.36 Å². The second kappa shape index (κ2) is 8.46. The monoisotopic (exact) mass is 369 g/mol. The van der Waals surface area contributed by atoms with E-state index in [1.165, 1.54) is 19.2 Å². The van der Waals surface area contributed by atoms with Crippen molar-refractivity contribution in [3.8, 4) is 17.2 Å². The van der Waals surface area contributed by atoms with Crippen molar-refractivity contribution in [1.82, 2.24) is 0 Å². The number of methoxy groups -OCH3 is 1. The van der Waals surface area contributed by atoms with Crippen molar-refractivity contribution < 1.29 is 32.2 Å². The Morgan fingerprint density at radius 3 is 2.31 bits per heavy atom. The minimum atomic E-state index is -4.76. The van der Waals surface area contributed by atoms with Crippen molar-refractivity contribution in [3.05, 3.63) is 48.5 Å². The number of alkyl halides is 3. The molecule has 0 bridgehead atoms. The Kier molecular flexibility index (Phi) is 6.32. The Balaban J connectivity index is 2.00. The van der Waals surface area contributed by atoms with E-state index in [1.54, 1.807) is 31.2 Å². The highest BCUT2D eigenvalue weighted by atomic mass is 19.4. The summed E-state index contributed by atoms with van der Waals surface area (Å²) in [5, 5.41) is 2.60. The average molecular weight is 369 g/mol. The maximum absolute atomic E-state index is 12.3. The van der Waals surface area contributed by atoms with Crippen LogP contribution < -0.4 is 19.5 Å². The molecule has 0 aliphatic heterocycles. The van der Waals surface area contributed by atoms with Crippen molar-refractivity contribution in [2.45, 2.75) is 25.8 Å². The van der Waals surface area contributed by atoms with Gasteiger partial charge in [-0.25, -0.2) is 0 Å². The molecule has 2 aromatic carbocycles. The molecule has 5 nitrogen and oxygen atoms in total. The zero-order valence-corrected chi connectivity index (χ0v) is 14.2. The van der Waals surface area contributed by atoms with E-state index in [4.69, 9.17) is 9.47 Å². The lowest BCUT2D eigenvalue weighted by molar-refractivity contribution is -0.274. The molecule has 8 heteroatoms. The van der Waals surface area contributed by atoms with Crippen LogP contribution in [-0.4, -0.2) is 25.5 Å². The zero-order valence-electron chi connectivity index (χ0n) is 14.2. The first-order valence-electron chi connectivity index (χ1n) is 7.78. The van der Waals surface area contributed by atoms with Crippen molar-refractivity contribution in [1.29, 1.82) is 0 Å². The molecule has 1 amide bonds. The van der Waals surface area contributed by atoms with Gasteiger partial charge in [0.1, 0.15) is 17.2 Å². The number of hydrogen-bond donors (Lipinski definition) is 1. The van der Waals surface area contributed by atoms with E-state index in [0.717, 1.165) is 12.1 Å². The highest BCUT2D eigenvalue weighted by molar-refractivity contribution is 5.94. The fourth-order valence-corrected chi connectivity index (χ4v) is 2.12. The van der Waals surface area contributed by atoms with Gasteiger partial charge < -0.3 is 19.5 Å². The predicted octanol–water partition coefficient (Wildman–Crippen LogP) is 4.39. The molecule has 0 aromatic heterocycles. The Bertz CT molecular complexity index is 732. The van der Waals surface area contributed by atoms with Crippen LogP contribution in [0.2, 0.25) is 0 Å². The van der Waals surface area contributed by atoms with Crippen LogP contribution in [-0.2, 0) is 4.79 Å². The van der Waals surface area contributed by atoms with E-state index in [2.05, 4.69) is 10.1 Å². The first kappa shape index (κ1) is 19.4. The standard InChI is InChI=1S/C18H18F3NO4/c1-3-16(25-15-6-4-5-14(11-15)24-2)17(23)22-12-7-9-13(10-8-12)26-18(19,20)21/h4-11,16H,3H2,1-2H3,(H,22,23)/t16-/m0/s1. The molecule has 0 fully saturated rings. The summed E-state index contributed by atoms with van der Waals surface area (Å²) in [4.78, 5) is 12.3. The molecule has 1 atom stereocenters. The number of hydrogen-bond acceptors (Lipinski definition) is 4. The Morgan fingerprint density at radius 2 is 1.73 bits per heavy atom. The molecule has 26 heavy (non-hydrogen) atoms. The first-order chi connectivity index (χ1) is 12.3. The van der Waals surface area contributed by atoms with Crippen molar-refractivity contribution >= 4 is 11.6 Å². The molecule has 0 heterocycles.